The third kappa shape index (κ3) is 2.60. The lowest BCUT2D eigenvalue weighted by molar-refractivity contribution is 0.484. The summed E-state index contributed by atoms with van der Waals surface area (Å²) in [5.41, 5.74) is 3.19. The van der Waals surface area contributed by atoms with Crippen LogP contribution in [-0.2, 0) is 0 Å². The van der Waals surface area contributed by atoms with Crippen LogP contribution in [0.1, 0.15) is 41.4 Å². The lowest BCUT2D eigenvalue weighted by Gasteiger charge is -2.33. The minimum Gasteiger partial charge on any atom is -0.353 e. The molecule has 3 aromatic heterocycles. The molecule has 0 N–H and O–H groups in total. The molecular formula is C18H19N7. The number of hydrogen-bond donors (Lipinski definition) is 0. The molecule has 0 spiro atoms. The van der Waals surface area contributed by atoms with E-state index in [1.807, 2.05) is 42.6 Å². The van der Waals surface area contributed by atoms with Gasteiger partial charge in [-0.25, -0.2) is 0 Å². The van der Waals surface area contributed by atoms with E-state index in [0.717, 1.165) is 48.7 Å². The Morgan fingerprint density at radius 2 is 2.04 bits per heavy atom. The van der Waals surface area contributed by atoms with Gasteiger partial charge in [-0.15, -0.1) is 15.3 Å². The zero-order valence-corrected chi connectivity index (χ0v) is 14.3. The molecule has 25 heavy (non-hydrogen) atoms. The van der Waals surface area contributed by atoms with Crippen LogP contribution in [0.15, 0.2) is 24.4 Å². The smallest absolute Gasteiger partial charge is 0.169 e. The van der Waals surface area contributed by atoms with Crippen molar-refractivity contribution in [2.75, 3.05) is 18.0 Å². The van der Waals surface area contributed by atoms with Gasteiger partial charge in [0.15, 0.2) is 11.5 Å². The first-order chi connectivity index (χ1) is 12.2. The van der Waals surface area contributed by atoms with E-state index in [-0.39, 0.29) is 5.92 Å². The lowest BCUT2D eigenvalue weighted by atomic mass is 9.96. The highest BCUT2D eigenvalue weighted by atomic mass is 15.3. The number of pyridine rings is 1. The van der Waals surface area contributed by atoms with Gasteiger partial charge in [0.25, 0.3) is 0 Å². The van der Waals surface area contributed by atoms with Gasteiger partial charge < -0.3 is 4.90 Å². The number of anilines is 1. The minimum absolute atomic E-state index is 0.251. The highest BCUT2D eigenvalue weighted by Crippen LogP contribution is 2.30. The fourth-order valence-corrected chi connectivity index (χ4v) is 3.47. The molecule has 1 aliphatic rings. The van der Waals surface area contributed by atoms with E-state index >= 15 is 0 Å². The normalized spacial score (nSPS) is 17.6. The van der Waals surface area contributed by atoms with Crippen molar-refractivity contribution < 1.29 is 0 Å². The van der Waals surface area contributed by atoms with Gasteiger partial charge in [0.2, 0.25) is 0 Å². The second-order valence-electron chi connectivity index (χ2n) is 6.49. The van der Waals surface area contributed by atoms with Gasteiger partial charge in [0.05, 0.1) is 5.69 Å². The monoisotopic (exact) mass is 333 g/mol. The van der Waals surface area contributed by atoms with Crippen LogP contribution in [0.25, 0.3) is 5.65 Å². The number of nitrogens with zero attached hydrogens (tertiary/aromatic N) is 7. The summed E-state index contributed by atoms with van der Waals surface area (Å²) >= 11 is 0. The average molecular weight is 333 g/mol. The molecule has 126 valence electrons. The maximum atomic E-state index is 9.57. The van der Waals surface area contributed by atoms with Gasteiger partial charge in [0, 0.05) is 25.2 Å². The summed E-state index contributed by atoms with van der Waals surface area (Å²) in [5.74, 6) is 1.90. The topological polar surface area (TPSA) is 83.0 Å². The first-order valence-corrected chi connectivity index (χ1v) is 8.47. The molecule has 7 nitrogen and oxygen atoms in total. The molecule has 4 rings (SSSR count). The van der Waals surface area contributed by atoms with Gasteiger partial charge in [-0.2, -0.15) is 10.4 Å². The van der Waals surface area contributed by atoms with Crippen LogP contribution in [-0.4, -0.2) is 37.9 Å². The molecule has 0 amide bonds. The Hall–Kier alpha value is -3.01. The number of piperidine rings is 1. The quantitative estimate of drug-likeness (QED) is 0.716. The Kier molecular flexibility index (Phi) is 3.80. The van der Waals surface area contributed by atoms with Crippen molar-refractivity contribution in [3.8, 4) is 6.07 Å². The third-order valence-corrected chi connectivity index (χ3v) is 4.97. The average Bonchev–Trinajstić information content (AvgIpc) is 3.08. The first-order valence-electron chi connectivity index (χ1n) is 8.47. The number of aromatic nitrogens is 5. The molecule has 1 saturated heterocycles. The van der Waals surface area contributed by atoms with Gasteiger partial charge in [0.1, 0.15) is 17.5 Å². The van der Waals surface area contributed by atoms with Crippen molar-refractivity contribution in [3.63, 3.8) is 0 Å². The van der Waals surface area contributed by atoms with Gasteiger partial charge in [-0.1, -0.05) is 6.07 Å². The second-order valence-corrected chi connectivity index (χ2v) is 6.49. The van der Waals surface area contributed by atoms with Crippen molar-refractivity contribution in [2.24, 2.45) is 0 Å². The number of nitriles is 1. The van der Waals surface area contributed by atoms with Gasteiger partial charge >= 0.3 is 0 Å². The van der Waals surface area contributed by atoms with E-state index < -0.39 is 0 Å². The number of fused-ring (bicyclic) bond motifs is 1. The summed E-state index contributed by atoms with van der Waals surface area (Å²) < 4.78 is 2.05. The predicted molar refractivity (Wildman–Crippen MR) is 93.4 cm³/mol. The van der Waals surface area contributed by atoms with Crippen molar-refractivity contribution in [1.29, 1.82) is 5.26 Å². The fourth-order valence-electron chi connectivity index (χ4n) is 3.47. The second kappa shape index (κ2) is 6.13. The van der Waals surface area contributed by atoms with Crippen LogP contribution in [0.3, 0.4) is 0 Å². The van der Waals surface area contributed by atoms with E-state index in [4.69, 9.17) is 0 Å². The largest absolute Gasteiger partial charge is 0.353 e. The highest BCUT2D eigenvalue weighted by Gasteiger charge is 2.28. The maximum Gasteiger partial charge on any atom is 0.169 e. The minimum atomic E-state index is 0.251. The Morgan fingerprint density at radius 3 is 2.88 bits per heavy atom. The van der Waals surface area contributed by atoms with E-state index in [0.29, 0.717) is 11.4 Å². The maximum absolute atomic E-state index is 9.57. The molecule has 4 heterocycles. The van der Waals surface area contributed by atoms with Crippen molar-refractivity contribution in [2.45, 2.75) is 32.6 Å². The summed E-state index contributed by atoms with van der Waals surface area (Å²) in [6.45, 7) is 5.45. The fraction of sp³-hybridized carbons (Fsp3) is 0.389. The Morgan fingerprint density at radius 1 is 1.16 bits per heavy atom. The lowest BCUT2D eigenvalue weighted by Crippen LogP contribution is -2.36. The molecule has 0 radical (unpaired) electrons. The van der Waals surface area contributed by atoms with Crippen LogP contribution in [0.4, 0.5) is 5.82 Å². The zero-order valence-electron chi connectivity index (χ0n) is 14.3. The Bertz CT molecular complexity index is 969. The Labute approximate surface area is 145 Å². The molecule has 1 atom stereocenters. The molecular weight excluding hydrogens is 314 g/mol. The molecule has 3 aromatic rings. The highest BCUT2D eigenvalue weighted by molar-refractivity contribution is 5.58. The van der Waals surface area contributed by atoms with Gasteiger partial charge in [-0.05, 0) is 44.4 Å². The molecule has 0 bridgehead atoms. The van der Waals surface area contributed by atoms with Crippen LogP contribution in [0, 0.1) is 25.2 Å². The molecule has 0 unspecified atom stereocenters. The molecule has 1 fully saturated rings. The molecule has 7 heteroatoms. The summed E-state index contributed by atoms with van der Waals surface area (Å²) in [5, 5.41) is 26.8. The standard InChI is InChI=1S/C18H19N7/c1-12-13(2)20-23-18(15(12)10-19)24-8-5-6-14(11-24)17-22-21-16-7-3-4-9-25(16)17/h3-4,7,9,14H,5-6,8,11H2,1-2H3/t14-/m0/s1. The summed E-state index contributed by atoms with van der Waals surface area (Å²) in [6.07, 6.45) is 4.07. The summed E-state index contributed by atoms with van der Waals surface area (Å²) in [7, 11) is 0. The molecule has 0 saturated carbocycles. The molecule has 0 aromatic carbocycles. The van der Waals surface area contributed by atoms with E-state index in [2.05, 4.69) is 31.4 Å². The number of hydrogen-bond acceptors (Lipinski definition) is 6. The third-order valence-electron chi connectivity index (χ3n) is 4.97. The first kappa shape index (κ1) is 15.5. The van der Waals surface area contributed by atoms with Gasteiger partial charge in [-0.3, -0.25) is 4.40 Å². The molecule has 1 aliphatic heterocycles. The van der Waals surface area contributed by atoms with Crippen LogP contribution >= 0.6 is 0 Å². The summed E-state index contributed by atoms with van der Waals surface area (Å²) in [4.78, 5) is 2.16. The van der Waals surface area contributed by atoms with E-state index in [9.17, 15) is 5.26 Å². The zero-order chi connectivity index (χ0) is 17.4. The van der Waals surface area contributed by atoms with Crippen molar-refractivity contribution in [1.82, 2.24) is 24.8 Å². The number of rotatable bonds is 2. The van der Waals surface area contributed by atoms with E-state index in [1.165, 1.54) is 0 Å². The van der Waals surface area contributed by atoms with Crippen molar-refractivity contribution >= 4 is 11.5 Å². The van der Waals surface area contributed by atoms with E-state index in [1.54, 1.807) is 0 Å². The predicted octanol–water partition coefficient (Wildman–Crippen LogP) is 2.39. The Balaban J connectivity index is 1.68. The summed E-state index contributed by atoms with van der Waals surface area (Å²) in [6, 6.07) is 8.21. The molecule has 0 aliphatic carbocycles. The van der Waals surface area contributed by atoms with Crippen molar-refractivity contribution in [3.05, 3.63) is 47.0 Å². The SMILES string of the molecule is Cc1nnc(N2CCC[C@H](c3nnc4ccccn34)C2)c(C#N)c1C. The van der Waals surface area contributed by atoms with Crippen LogP contribution in [0.5, 0.6) is 0 Å². The van der Waals surface area contributed by atoms with Crippen LogP contribution in [0.2, 0.25) is 0 Å². The number of aryl methyl sites for hydroxylation is 1. The van der Waals surface area contributed by atoms with Crippen LogP contribution < -0.4 is 4.90 Å².